The van der Waals surface area contributed by atoms with E-state index in [1.807, 2.05) is 37.4 Å². The Morgan fingerprint density at radius 2 is 2.17 bits per heavy atom. The molecule has 4 heteroatoms. The summed E-state index contributed by atoms with van der Waals surface area (Å²) in [6, 6.07) is 7.03. The molecule has 2 rings (SSSR count). The van der Waals surface area contributed by atoms with Crippen LogP contribution >= 0.6 is 0 Å². The summed E-state index contributed by atoms with van der Waals surface area (Å²) in [7, 11) is 0. The number of aromatic amines is 1. The van der Waals surface area contributed by atoms with Gasteiger partial charge in [-0.2, -0.15) is 0 Å². The van der Waals surface area contributed by atoms with Gasteiger partial charge >= 0.3 is 5.97 Å². The Hall–Kier alpha value is -1.81. The van der Waals surface area contributed by atoms with Gasteiger partial charge in [0.15, 0.2) is 0 Å². The maximum absolute atomic E-state index is 11.1. The van der Waals surface area contributed by atoms with Gasteiger partial charge in [-0.1, -0.05) is 31.5 Å². The zero-order chi connectivity index (χ0) is 13.1. The SMILES string of the molecule is CCC[C@H](c1c[nH]c2ccccc12)[C@@H](N)C(=O)O. The molecule has 1 aromatic carbocycles. The monoisotopic (exact) mass is 246 g/mol. The van der Waals surface area contributed by atoms with Gasteiger partial charge < -0.3 is 15.8 Å². The molecule has 0 spiro atoms. The molecular weight excluding hydrogens is 228 g/mol. The van der Waals surface area contributed by atoms with Crippen molar-refractivity contribution < 1.29 is 9.90 Å². The molecule has 0 saturated heterocycles. The van der Waals surface area contributed by atoms with E-state index in [9.17, 15) is 4.79 Å². The number of carboxylic acid groups (broad SMARTS) is 1. The second-order valence-corrected chi connectivity index (χ2v) is 4.55. The minimum absolute atomic E-state index is 0.149. The number of nitrogens with two attached hydrogens (primary N) is 1. The van der Waals surface area contributed by atoms with Gasteiger partial charge in [0, 0.05) is 23.0 Å². The molecule has 0 saturated carbocycles. The lowest BCUT2D eigenvalue weighted by atomic mass is 9.88. The number of aromatic nitrogens is 1. The minimum atomic E-state index is -0.946. The van der Waals surface area contributed by atoms with Gasteiger partial charge in [0.2, 0.25) is 0 Å². The molecule has 18 heavy (non-hydrogen) atoms. The second-order valence-electron chi connectivity index (χ2n) is 4.55. The molecule has 1 aromatic heterocycles. The fourth-order valence-electron chi connectivity index (χ4n) is 2.41. The van der Waals surface area contributed by atoms with Crippen LogP contribution in [0.1, 0.15) is 31.2 Å². The van der Waals surface area contributed by atoms with Crippen molar-refractivity contribution in [2.45, 2.75) is 31.7 Å². The number of carbonyl (C=O) groups is 1. The predicted octanol–water partition coefficient (Wildman–Crippen LogP) is 2.46. The van der Waals surface area contributed by atoms with Gasteiger partial charge in [-0.25, -0.2) is 0 Å². The molecular formula is C14H18N2O2. The lowest BCUT2D eigenvalue weighted by Gasteiger charge is -2.19. The number of benzene rings is 1. The third-order valence-electron chi connectivity index (χ3n) is 3.34. The summed E-state index contributed by atoms with van der Waals surface area (Å²) in [6.07, 6.45) is 3.56. The van der Waals surface area contributed by atoms with Crippen LogP contribution in [0, 0.1) is 0 Å². The normalized spacial score (nSPS) is 14.6. The Balaban J connectivity index is 2.44. The van der Waals surface area contributed by atoms with E-state index in [2.05, 4.69) is 4.98 Å². The molecule has 2 atom stereocenters. The zero-order valence-corrected chi connectivity index (χ0v) is 10.4. The standard InChI is InChI=1S/C14H18N2O2/c1-2-5-10(13(15)14(17)18)11-8-16-12-7-4-3-6-9(11)12/h3-4,6-8,10,13,16H,2,5,15H2,1H3,(H,17,18)/t10-,13-/m1/s1. The highest BCUT2D eigenvalue weighted by molar-refractivity contribution is 5.85. The van der Waals surface area contributed by atoms with Crippen LogP contribution in [0.25, 0.3) is 10.9 Å². The summed E-state index contributed by atoms with van der Waals surface area (Å²) in [4.78, 5) is 14.3. The number of rotatable bonds is 5. The van der Waals surface area contributed by atoms with Crippen molar-refractivity contribution in [3.63, 3.8) is 0 Å². The van der Waals surface area contributed by atoms with E-state index in [-0.39, 0.29) is 5.92 Å². The molecule has 0 aliphatic carbocycles. The van der Waals surface area contributed by atoms with Crippen LogP contribution in [-0.4, -0.2) is 22.1 Å². The number of para-hydroxylation sites is 1. The summed E-state index contributed by atoms with van der Waals surface area (Å²) in [5.41, 5.74) is 7.84. The predicted molar refractivity (Wildman–Crippen MR) is 71.6 cm³/mol. The van der Waals surface area contributed by atoms with Crippen LogP contribution in [0.15, 0.2) is 30.5 Å². The van der Waals surface area contributed by atoms with Crippen LogP contribution in [0.2, 0.25) is 0 Å². The van der Waals surface area contributed by atoms with Crippen molar-refractivity contribution in [3.05, 3.63) is 36.0 Å². The molecule has 1 heterocycles. The Bertz CT molecular complexity index is 547. The van der Waals surface area contributed by atoms with Crippen molar-refractivity contribution in [2.75, 3.05) is 0 Å². The van der Waals surface area contributed by atoms with Gasteiger partial charge in [-0.3, -0.25) is 4.79 Å². The summed E-state index contributed by atoms with van der Waals surface area (Å²) in [5.74, 6) is -1.10. The Morgan fingerprint density at radius 1 is 1.44 bits per heavy atom. The average Bonchev–Trinajstić information content (AvgIpc) is 2.79. The third kappa shape index (κ3) is 2.24. The third-order valence-corrected chi connectivity index (χ3v) is 3.34. The largest absolute Gasteiger partial charge is 0.480 e. The van der Waals surface area contributed by atoms with Gasteiger partial charge in [-0.15, -0.1) is 0 Å². The number of aliphatic carboxylic acids is 1. The molecule has 0 fully saturated rings. The van der Waals surface area contributed by atoms with Gasteiger partial charge in [0.1, 0.15) is 6.04 Å². The molecule has 0 aliphatic rings. The Labute approximate surface area is 106 Å². The lowest BCUT2D eigenvalue weighted by molar-refractivity contribution is -0.139. The first kappa shape index (κ1) is 12.6. The molecule has 4 nitrogen and oxygen atoms in total. The van der Waals surface area contributed by atoms with Gasteiger partial charge in [0.25, 0.3) is 0 Å². The molecule has 0 radical (unpaired) electrons. The first-order valence-electron chi connectivity index (χ1n) is 6.19. The second kappa shape index (κ2) is 5.23. The van der Waals surface area contributed by atoms with Crippen molar-refractivity contribution in [1.82, 2.24) is 4.98 Å². The number of hydrogen-bond acceptors (Lipinski definition) is 2. The molecule has 0 bridgehead atoms. The fraction of sp³-hybridized carbons (Fsp3) is 0.357. The van der Waals surface area contributed by atoms with Gasteiger partial charge in [-0.05, 0) is 18.1 Å². The van der Waals surface area contributed by atoms with Crippen LogP contribution in [0.4, 0.5) is 0 Å². The first-order valence-corrected chi connectivity index (χ1v) is 6.19. The van der Waals surface area contributed by atoms with Crippen LogP contribution in [-0.2, 0) is 4.79 Å². The van der Waals surface area contributed by atoms with Gasteiger partial charge in [0.05, 0.1) is 0 Å². The van der Waals surface area contributed by atoms with E-state index >= 15 is 0 Å². The lowest BCUT2D eigenvalue weighted by Crippen LogP contribution is -2.36. The molecule has 2 aromatic rings. The number of fused-ring (bicyclic) bond motifs is 1. The van der Waals surface area contributed by atoms with Crippen molar-refractivity contribution >= 4 is 16.9 Å². The Morgan fingerprint density at radius 3 is 2.83 bits per heavy atom. The molecule has 0 unspecified atom stereocenters. The van der Waals surface area contributed by atoms with E-state index in [1.54, 1.807) is 0 Å². The summed E-state index contributed by atoms with van der Waals surface area (Å²) in [5, 5.41) is 10.2. The van der Waals surface area contributed by atoms with E-state index in [1.165, 1.54) is 0 Å². The summed E-state index contributed by atoms with van der Waals surface area (Å²) >= 11 is 0. The average molecular weight is 246 g/mol. The number of H-pyrrole nitrogens is 1. The quantitative estimate of drug-likeness (QED) is 0.758. The highest BCUT2D eigenvalue weighted by Gasteiger charge is 2.26. The zero-order valence-electron chi connectivity index (χ0n) is 10.4. The minimum Gasteiger partial charge on any atom is -0.480 e. The first-order chi connectivity index (χ1) is 8.65. The fourth-order valence-corrected chi connectivity index (χ4v) is 2.41. The van der Waals surface area contributed by atoms with Crippen molar-refractivity contribution in [3.8, 4) is 0 Å². The highest BCUT2D eigenvalue weighted by atomic mass is 16.4. The summed E-state index contributed by atoms with van der Waals surface area (Å²) in [6.45, 7) is 2.04. The topological polar surface area (TPSA) is 79.1 Å². The molecule has 0 aliphatic heterocycles. The number of nitrogens with one attached hydrogen (secondary N) is 1. The molecule has 0 amide bonds. The Kier molecular flexibility index (Phi) is 3.67. The molecule has 96 valence electrons. The van der Waals surface area contributed by atoms with Crippen LogP contribution in [0.3, 0.4) is 0 Å². The van der Waals surface area contributed by atoms with E-state index in [0.29, 0.717) is 0 Å². The number of carboxylic acids is 1. The van der Waals surface area contributed by atoms with Crippen molar-refractivity contribution in [1.29, 1.82) is 0 Å². The maximum atomic E-state index is 11.1. The van der Waals surface area contributed by atoms with E-state index in [4.69, 9.17) is 10.8 Å². The van der Waals surface area contributed by atoms with Crippen LogP contribution < -0.4 is 5.73 Å². The number of hydrogen-bond donors (Lipinski definition) is 3. The van der Waals surface area contributed by atoms with E-state index in [0.717, 1.165) is 29.3 Å². The van der Waals surface area contributed by atoms with Crippen LogP contribution in [0.5, 0.6) is 0 Å². The summed E-state index contributed by atoms with van der Waals surface area (Å²) < 4.78 is 0. The van der Waals surface area contributed by atoms with E-state index < -0.39 is 12.0 Å². The highest BCUT2D eigenvalue weighted by Crippen LogP contribution is 2.30. The maximum Gasteiger partial charge on any atom is 0.321 e. The van der Waals surface area contributed by atoms with Crippen molar-refractivity contribution in [2.24, 2.45) is 5.73 Å². The molecule has 4 N–H and O–H groups in total. The smallest absolute Gasteiger partial charge is 0.321 e.